The molecule has 22 heteroatoms. The Morgan fingerprint density at radius 3 is 2.54 bits per heavy atom. The number of oxime groups is 1. The number of hydrogen-bond acceptors (Lipinski definition) is 14. The zero-order valence-electron chi connectivity index (χ0n) is 24.6. The highest BCUT2D eigenvalue weighted by atomic mass is 32.2. The summed E-state index contributed by atoms with van der Waals surface area (Å²) in [6, 6.07) is -1.58. The van der Waals surface area contributed by atoms with Crippen LogP contribution in [0.25, 0.3) is 0 Å². The SMILES string of the molecule is Cn1c(N)c(NC(=O)NC2CNC2)c[n+]1CC1=C(C(=O)O)N2C(=O)[C@@H](NC(=O)/C(=N\OC(C)(C)C(=O)O)c3nsc(N)n3)[C@H]2SC1. The number of carbonyl (C=O) groups is 5. The quantitative estimate of drug-likeness (QED) is 0.0525. The molecular weight excluding hydrogens is 648 g/mol. The van der Waals surface area contributed by atoms with E-state index in [2.05, 4.69) is 35.8 Å². The van der Waals surface area contributed by atoms with Gasteiger partial charge in [-0.2, -0.15) is 9.36 Å². The molecule has 0 bridgehead atoms. The summed E-state index contributed by atoms with van der Waals surface area (Å²) in [5.74, 6) is -4.20. The van der Waals surface area contributed by atoms with Crippen LogP contribution in [0, 0.1) is 0 Å². The van der Waals surface area contributed by atoms with E-state index in [1.54, 1.807) is 22.6 Å². The molecule has 2 saturated heterocycles. The van der Waals surface area contributed by atoms with Gasteiger partial charge in [0, 0.05) is 35.9 Å². The number of aliphatic carboxylic acids is 2. The summed E-state index contributed by atoms with van der Waals surface area (Å²) in [6.07, 6.45) is 1.56. The number of carbonyl (C=O) groups excluding carboxylic acids is 3. The van der Waals surface area contributed by atoms with E-state index in [-0.39, 0.29) is 40.8 Å². The summed E-state index contributed by atoms with van der Waals surface area (Å²) in [4.78, 5) is 72.8. The lowest BCUT2D eigenvalue weighted by Gasteiger charge is -2.49. The Bertz CT molecular complexity index is 1680. The van der Waals surface area contributed by atoms with Gasteiger partial charge in [-0.25, -0.2) is 14.4 Å². The van der Waals surface area contributed by atoms with E-state index in [1.807, 2.05) is 0 Å². The van der Waals surface area contributed by atoms with E-state index in [1.165, 1.54) is 25.6 Å². The predicted molar refractivity (Wildman–Crippen MR) is 162 cm³/mol. The molecule has 2 aromatic heterocycles. The standard InChI is InChI=1S/C24H30N12O8S2/c1-24(2,21(41)42)44-32-12(16-31-22(26)46-33-16)17(37)30-13-18(38)36-14(20(39)40)9(8-45-19(13)36)6-35-7-11(15(25)34(35)3)29-23(43)28-10-4-27-5-10/h7,10,13,19,25,27H,4-6,8H2,1-3H3,(H7,26,28,29,30,31,33,37,39,40,41,42,43)/p+1/b32-12-/t13-,19-/m1/s1. The number of nitrogen functional groups attached to an aromatic ring is 2. The molecule has 0 unspecified atom stereocenters. The van der Waals surface area contributed by atoms with Crippen LogP contribution in [-0.4, -0.2) is 107 Å². The molecule has 2 aromatic rings. The Labute approximate surface area is 268 Å². The van der Waals surface area contributed by atoms with Gasteiger partial charge in [-0.15, -0.1) is 21.1 Å². The number of fused-ring (bicyclic) bond motifs is 1. The van der Waals surface area contributed by atoms with E-state index in [9.17, 15) is 34.2 Å². The molecular formula is C24H31N12O8S2+. The molecule has 5 heterocycles. The van der Waals surface area contributed by atoms with Crippen LogP contribution >= 0.6 is 23.3 Å². The summed E-state index contributed by atoms with van der Waals surface area (Å²) in [7, 11) is 1.64. The molecule has 246 valence electrons. The van der Waals surface area contributed by atoms with E-state index < -0.39 is 52.5 Å². The second-order valence-electron chi connectivity index (χ2n) is 10.9. The molecule has 3 aliphatic rings. The van der Waals surface area contributed by atoms with Crippen LogP contribution in [0.3, 0.4) is 0 Å². The minimum atomic E-state index is -1.81. The Kier molecular flexibility index (Phi) is 8.77. The number of thioether (sulfide) groups is 1. The highest BCUT2D eigenvalue weighted by Gasteiger charge is 2.55. The highest BCUT2D eigenvalue weighted by Crippen LogP contribution is 2.40. The first-order chi connectivity index (χ1) is 21.7. The fourth-order valence-electron chi connectivity index (χ4n) is 4.52. The summed E-state index contributed by atoms with van der Waals surface area (Å²) < 4.78 is 7.07. The Hall–Kier alpha value is -4.96. The molecule has 2 fully saturated rings. The van der Waals surface area contributed by atoms with E-state index >= 15 is 0 Å². The van der Waals surface area contributed by atoms with Crippen LogP contribution in [0.15, 0.2) is 22.6 Å². The third-order valence-corrected chi connectivity index (χ3v) is 9.17. The lowest BCUT2D eigenvalue weighted by Crippen LogP contribution is -2.71. The number of carboxylic acids is 2. The fourth-order valence-corrected chi connectivity index (χ4v) is 6.29. The van der Waals surface area contributed by atoms with Crippen molar-refractivity contribution in [3.8, 4) is 0 Å². The molecule has 0 aromatic carbocycles. The monoisotopic (exact) mass is 679 g/mol. The highest BCUT2D eigenvalue weighted by molar-refractivity contribution is 8.00. The van der Waals surface area contributed by atoms with Crippen molar-refractivity contribution in [2.75, 3.05) is 35.6 Å². The Balaban J connectivity index is 1.32. The largest absolute Gasteiger partial charge is 0.478 e. The molecule has 4 amide bonds. The van der Waals surface area contributed by atoms with Gasteiger partial charge in [0.05, 0.1) is 13.1 Å². The van der Waals surface area contributed by atoms with Crippen LogP contribution in [0.4, 0.5) is 21.4 Å². The number of hydrogen-bond donors (Lipinski definition) is 8. The van der Waals surface area contributed by atoms with Gasteiger partial charge in [0.2, 0.25) is 23.3 Å². The number of rotatable bonds is 11. The van der Waals surface area contributed by atoms with Crippen LogP contribution in [0.2, 0.25) is 0 Å². The molecule has 46 heavy (non-hydrogen) atoms. The average molecular weight is 680 g/mol. The van der Waals surface area contributed by atoms with Crippen LogP contribution in [0.1, 0.15) is 19.7 Å². The van der Waals surface area contributed by atoms with Crippen molar-refractivity contribution in [2.24, 2.45) is 12.2 Å². The van der Waals surface area contributed by atoms with Crippen molar-refractivity contribution in [2.45, 2.75) is 43.5 Å². The number of aromatic nitrogens is 4. The van der Waals surface area contributed by atoms with Crippen molar-refractivity contribution in [1.82, 2.24) is 34.9 Å². The first kappa shape index (κ1) is 32.4. The van der Waals surface area contributed by atoms with Crippen LogP contribution in [-0.2, 0) is 37.6 Å². The van der Waals surface area contributed by atoms with Gasteiger partial charge in [0.25, 0.3) is 11.8 Å². The lowest BCUT2D eigenvalue weighted by molar-refractivity contribution is -0.765. The average Bonchev–Trinajstić information content (AvgIpc) is 3.51. The van der Waals surface area contributed by atoms with Crippen molar-refractivity contribution < 1.29 is 43.7 Å². The first-order valence-electron chi connectivity index (χ1n) is 13.6. The molecule has 20 nitrogen and oxygen atoms in total. The Morgan fingerprint density at radius 2 is 1.96 bits per heavy atom. The number of nitrogens with two attached hydrogens (primary N) is 2. The number of amides is 4. The lowest BCUT2D eigenvalue weighted by atomic mass is 10.0. The predicted octanol–water partition coefficient (Wildman–Crippen LogP) is -2.56. The zero-order valence-corrected chi connectivity index (χ0v) is 26.3. The van der Waals surface area contributed by atoms with E-state index in [0.717, 1.165) is 16.4 Å². The molecule has 3 aliphatic heterocycles. The van der Waals surface area contributed by atoms with Crippen molar-refractivity contribution >= 4 is 75.4 Å². The number of nitrogens with zero attached hydrogens (tertiary/aromatic N) is 6. The third-order valence-electron chi connectivity index (χ3n) is 7.29. The van der Waals surface area contributed by atoms with Crippen molar-refractivity contribution in [3.05, 3.63) is 23.3 Å². The normalized spacial score (nSPS) is 19.9. The fraction of sp³-hybridized carbons (Fsp3) is 0.458. The Morgan fingerprint density at radius 1 is 1.24 bits per heavy atom. The maximum absolute atomic E-state index is 13.3. The van der Waals surface area contributed by atoms with Crippen LogP contribution < -0.4 is 37.4 Å². The summed E-state index contributed by atoms with van der Waals surface area (Å²) in [6.45, 7) is 3.78. The van der Waals surface area contributed by atoms with Gasteiger partial charge in [0.15, 0.2) is 23.2 Å². The second-order valence-corrected chi connectivity index (χ2v) is 12.8. The molecule has 10 N–H and O–H groups in total. The van der Waals surface area contributed by atoms with Gasteiger partial charge >= 0.3 is 18.0 Å². The number of carboxylic acid groups (broad SMARTS) is 2. The smallest absolute Gasteiger partial charge is 0.352 e. The van der Waals surface area contributed by atoms with Crippen molar-refractivity contribution in [1.29, 1.82) is 0 Å². The number of urea groups is 1. The third kappa shape index (κ3) is 6.25. The van der Waals surface area contributed by atoms with Gasteiger partial charge in [-0.1, -0.05) is 5.16 Å². The molecule has 0 saturated carbocycles. The first-order valence-corrected chi connectivity index (χ1v) is 15.4. The van der Waals surface area contributed by atoms with Gasteiger partial charge in [0.1, 0.15) is 17.1 Å². The molecule has 2 atom stereocenters. The van der Waals surface area contributed by atoms with Gasteiger partial charge in [-0.3, -0.25) is 19.8 Å². The van der Waals surface area contributed by atoms with Crippen LogP contribution in [0.5, 0.6) is 0 Å². The second kappa shape index (κ2) is 12.4. The minimum absolute atomic E-state index is 0.000673. The maximum Gasteiger partial charge on any atom is 0.352 e. The maximum atomic E-state index is 13.3. The van der Waals surface area contributed by atoms with Gasteiger partial charge in [-0.05, 0) is 13.8 Å². The topological polar surface area (TPSA) is 285 Å². The zero-order chi connectivity index (χ0) is 33.5. The van der Waals surface area contributed by atoms with Gasteiger partial charge < -0.3 is 42.5 Å². The van der Waals surface area contributed by atoms with E-state index in [0.29, 0.717) is 24.4 Å². The number of nitrogens with one attached hydrogen (secondary N) is 4. The minimum Gasteiger partial charge on any atom is -0.478 e. The van der Waals surface area contributed by atoms with E-state index in [4.69, 9.17) is 16.3 Å². The summed E-state index contributed by atoms with van der Waals surface area (Å²) >= 11 is 1.98. The summed E-state index contributed by atoms with van der Waals surface area (Å²) in [5, 5.41) is 33.4. The molecule has 5 rings (SSSR count). The molecule has 0 aliphatic carbocycles. The number of anilines is 3. The van der Waals surface area contributed by atoms with Crippen molar-refractivity contribution in [3.63, 3.8) is 0 Å². The number of β-lactam (4-membered cyclic amide) rings is 1. The molecule has 0 spiro atoms. The summed E-state index contributed by atoms with van der Waals surface area (Å²) in [5.41, 5.74) is 9.95. The molecule has 0 radical (unpaired) electrons.